The summed E-state index contributed by atoms with van der Waals surface area (Å²) < 4.78 is 27.9. The fraction of sp³-hybridized carbons (Fsp3) is 0.364. The molecule has 0 amide bonds. The summed E-state index contributed by atoms with van der Waals surface area (Å²) in [6.07, 6.45) is 0.905. The number of nitro benzene ring substituents is 1. The van der Waals surface area contributed by atoms with Gasteiger partial charge in [0.05, 0.1) is 4.92 Å². The molecule has 2 N–H and O–H groups in total. The molecule has 0 fully saturated rings. The van der Waals surface area contributed by atoms with Crippen LogP contribution >= 0.6 is 0 Å². The van der Waals surface area contributed by atoms with Gasteiger partial charge in [-0.05, 0) is 18.6 Å². The lowest BCUT2D eigenvalue weighted by Crippen LogP contribution is -2.33. The Labute approximate surface area is 115 Å². The van der Waals surface area contributed by atoms with Gasteiger partial charge in [0.15, 0.2) is 0 Å². The van der Waals surface area contributed by atoms with Crippen molar-refractivity contribution < 1.29 is 22.3 Å². The van der Waals surface area contributed by atoms with E-state index >= 15 is 0 Å². The second kappa shape index (κ2) is 6.44. The Kier molecular flexibility index (Phi) is 5.17. The largest absolute Gasteiger partial charge is 0.341 e. The van der Waals surface area contributed by atoms with Crippen LogP contribution in [-0.2, 0) is 19.1 Å². The molecule has 1 atom stereocenters. The van der Waals surface area contributed by atoms with Crippen LogP contribution in [0.4, 0.5) is 5.69 Å². The van der Waals surface area contributed by atoms with Crippen LogP contribution in [0.3, 0.4) is 0 Å². The zero-order chi connectivity index (χ0) is 15.3. The highest BCUT2D eigenvalue weighted by Crippen LogP contribution is 2.18. The lowest BCUT2D eigenvalue weighted by atomic mass is 10.2. The molecule has 8 nitrogen and oxygen atoms in total. The molecular formula is C11H14N2O6S. The number of carbonyl (C=O) groups is 1. The molecule has 0 aromatic heterocycles. The van der Waals surface area contributed by atoms with E-state index in [1.165, 1.54) is 0 Å². The van der Waals surface area contributed by atoms with Gasteiger partial charge in [-0.15, -0.1) is 0 Å². The van der Waals surface area contributed by atoms with Gasteiger partial charge in [0.2, 0.25) is 0 Å². The van der Waals surface area contributed by atoms with E-state index in [1.54, 1.807) is 6.92 Å². The van der Waals surface area contributed by atoms with Crippen molar-refractivity contribution >= 4 is 21.8 Å². The van der Waals surface area contributed by atoms with Crippen LogP contribution < -0.4 is 5.73 Å². The van der Waals surface area contributed by atoms with Gasteiger partial charge in [-0.25, -0.2) is 4.79 Å². The van der Waals surface area contributed by atoms with Crippen LogP contribution in [0.1, 0.15) is 19.8 Å². The van der Waals surface area contributed by atoms with E-state index < -0.39 is 27.1 Å². The molecule has 0 aliphatic rings. The first-order valence-electron chi connectivity index (χ1n) is 5.76. The number of hydrogen-bond donors (Lipinski definition) is 1. The number of nitrogens with zero attached hydrogens (tertiary/aromatic N) is 1. The predicted molar refractivity (Wildman–Crippen MR) is 69.3 cm³/mol. The summed E-state index contributed by atoms with van der Waals surface area (Å²) in [5.74, 6) is -1.05. The zero-order valence-corrected chi connectivity index (χ0v) is 11.5. The molecule has 1 aromatic carbocycles. The summed E-state index contributed by atoms with van der Waals surface area (Å²) in [4.78, 5) is 20.9. The number of non-ortho nitro benzene ring substituents is 1. The van der Waals surface area contributed by atoms with E-state index in [-0.39, 0.29) is 10.6 Å². The molecule has 0 spiro atoms. The molecule has 0 heterocycles. The zero-order valence-electron chi connectivity index (χ0n) is 10.7. The van der Waals surface area contributed by atoms with E-state index in [1.807, 2.05) is 0 Å². The molecule has 0 aliphatic carbocycles. The van der Waals surface area contributed by atoms with Gasteiger partial charge >= 0.3 is 16.1 Å². The Morgan fingerprint density at radius 3 is 2.40 bits per heavy atom. The highest BCUT2D eigenvalue weighted by Gasteiger charge is 2.24. The quantitative estimate of drug-likeness (QED) is 0.470. The first-order chi connectivity index (χ1) is 9.27. The van der Waals surface area contributed by atoms with Crippen LogP contribution in [0.2, 0.25) is 0 Å². The van der Waals surface area contributed by atoms with Gasteiger partial charge in [0, 0.05) is 12.1 Å². The SMILES string of the molecule is CCC[C@H](N)C(=O)OS(=O)(=O)c1ccc([N+](=O)[O-])cc1. The molecule has 0 bridgehead atoms. The van der Waals surface area contributed by atoms with Gasteiger partial charge in [-0.2, -0.15) is 8.42 Å². The van der Waals surface area contributed by atoms with E-state index in [9.17, 15) is 23.3 Å². The highest BCUT2D eigenvalue weighted by atomic mass is 32.2. The van der Waals surface area contributed by atoms with Gasteiger partial charge in [-0.1, -0.05) is 13.3 Å². The molecule has 1 rings (SSSR count). The molecule has 0 unspecified atom stereocenters. The second-order valence-electron chi connectivity index (χ2n) is 4.00. The minimum Gasteiger partial charge on any atom is -0.341 e. The Balaban J connectivity index is 2.88. The minimum absolute atomic E-state index is 0.266. The van der Waals surface area contributed by atoms with Crippen molar-refractivity contribution in [2.24, 2.45) is 5.73 Å². The minimum atomic E-state index is -4.32. The summed E-state index contributed by atoms with van der Waals surface area (Å²) in [6.45, 7) is 1.79. The smallest absolute Gasteiger partial charge is 0.341 e. The van der Waals surface area contributed by atoms with E-state index in [2.05, 4.69) is 4.18 Å². The topological polar surface area (TPSA) is 130 Å². The third-order valence-electron chi connectivity index (χ3n) is 2.43. The van der Waals surface area contributed by atoms with E-state index in [0.717, 1.165) is 24.3 Å². The average Bonchev–Trinajstić information content (AvgIpc) is 2.38. The Morgan fingerprint density at radius 2 is 1.95 bits per heavy atom. The van der Waals surface area contributed by atoms with Gasteiger partial charge < -0.3 is 9.92 Å². The van der Waals surface area contributed by atoms with Gasteiger partial charge in [-0.3, -0.25) is 10.1 Å². The van der Waals surface area contributed by atoms with Crippen LogP contribution in [0.25, 0.3) is 0 Å². The maximum atomic E-state index is 11.8. The summed E-state index contributed by atoms with van der Waals surface area (Å²) >= 11 is 0. The molecule has 0 radical (unpaired) electrons. The average molecular weight is 302 g/mol. The van der Waals surface area contributed by atoms with Crippen LogP contribution in [0, 0.1) is 10.1 Å². The Morgan fingerprint density at radius 1 is 1.40 bits per heavy atom. The normalized spacial score (nSPS) is 12.7. The van der Waals surface area contributed by atoms with Crippen molar-refractivity contribution in [2.75, 3.05) is 0 Å². The number of hydrogen-bond acceptors (Lipinski definition) is 7. The van der Waals surface area contributed by atoms with Crippen molar-refractivity contribution in [1.29, 1.82) is 0 Å². The monoisotopic (exact) mass is 302 g/mol. The van der Waals surface area contributed by atoms with Crippen molar-refractivity contribution in [3.05, 3.63) is 34.4 Å². The fourth-order valence-electron chi connectivity index (χ4n) is 1.38. The summed E-state index contributed by atoms with van der Waals surface area (Å²) in [5, 5.41) is 10.5. The predicted octanol–water partition coefficient (Wildman–Crippen LogP) is 0.954. The van der Waals surface area contributed by atoms with Crippen LogP contribution in [-0.4, -0.2) is 25.4 Å². The molecular weight excluding hydrogens is 288 g/mol. The molecule has 1 aromatic rings. The van der Waals surface area contributed by atoms with Crippen molar-refractivity contribution in [2.45, 2.75) is 30.7 Å². The maximum Gasteiger partial charge on any atom is 0.341 e. The van der Waals surface area contributed by atoms with E-state index in [0.29, 0.717) is 12.8 Å². The summed E-state index contributed by atoms with van der Waals surface area (Å²) in [6, 6.07) is 2.98. The standard InChI is InChI=1S/C11H14N2O6S/c1-2-3-10(12)11(14)19-20(17,18)9-6-4-8(5-7-9)13(15)16/h4-7,10H,2-3,12H2,1H3/t10-/m0/s1. The molecule has 0 saturated carbocycles. The van der Waals surface area contributed by atoms with Crippen molar-refractivity contribution in [3.8, 4) is 0 Å². The number of nitro groups is 1. The highest BCUT2D eigenvalue weighted by molar-refractivity contribution is 7.87. The van der Waals surface area contributed by atoms with Crippen molar-refractivity contribution in [3.63, 3.8) is 0 Å². The number of rotatable bonds is 6. The Bertz CT molecular complexity index is 596. The van der Waals surface area contributed by atoms with Gasteiger partial charge in [0.25, 0.3) is 5.69 Å². The molecule has 0 aliphatic heterocycles. The third-order valence-corrected chi connectivity index (χ3v) is 3.66. The summed E-state index contributed by atoms with van der Waals surface area (Å²) in [7, 11) is -4.32. The van der Waals surface area contributed by atoms with Crippen LogP contribution in [0.5, 0.6) is 0 Å². The maximum absolute atomic E-state index is 11.8. The Hall–Kier alpha value is -2.00. The molecule has 9 heteroatoms. The molecule has 0 saturated heterocycles. The van der Waals surface area contributed by atoms with Crippen LogP contribution in [0.15, 0.2) is 29.2 Å². The molecule has 110 valence electrons. The van der Waals surface area contributed by atoms with Crippen molar-refractivity contribution in [1.82, 2.24) is 0 Å². The first-order valence-corrected chi connectivity index (χ1v) is 7.17. The van der Waals surface area contributed by atoms with E-state index in [4.69, 9.17) is 5.73 Å². The number of benzene rings is 1. The lowest BCUT2D eigenvalue weighted by Gasteiger charge is -2.10. The number of nitrogens with two attached hydrogens (primary N) is 1. The second-order valence-corrected chi connectivity index (χ2v) is 5.55. The third kappa shape index (κ3) is 4.00. The summed E-state index contributed by atoms with van der Waals surface area (Å²) in [5.41, 5.74) is 5.18. The van der Waals surface area contributed by atoms with Gasteiger partial charge in [0.1, 0.15) is 10.9 Å². The first kappa shape index (κ1) is 16.1. The lowest BCUT2D eigenvalue weighted by molar-refractivity contribution is -0.384. The fourth-order valence-corrected chi connectivity index (χ4v) is 2.29. The number of carbonyl (C=O) groups excluding carboxylic acids is 1. The molecule has 20 heavy (non-hydrogen) atoms.